The summed E-state index contributed by atoms with van der Waals surface area (Å²) in [4.78, 5) is 6.03. The van der Waals surface area contributed by atoms with Crippen LogP contribution in [0, 0.1) is 23.1 Å². The Morgan fingerprint density at radius 2 is 2.25 bits per heavy atom. The van der Waals surface area contributed by atoms with Crippen molar-refractivity contribution in [1.82, 2.24) is 4.98 Å². The maximum absolute atomic E-state index is 12.7. The lowest BCUT2D eigenvalue weighted by molar-refractivity contribution is 0.600. The number of pyridine rings is 1. The van der Waals surface area contributed by atoms with E-state index in [9.17, 15) is 4.39 Å². The number of halogens is 1. The van der Waals surface area contributed by atoms with E-state index >= 15 is 0 Å². The highest BCUT2D eigenvalue weighted by Crippen LogP contribution is 2.13. The molecule has 0 atom stereocenters. The van der Waals surface area contributed by atoms with Crippen LogP contribution in [0.3, 0.4) is 0 Å². The molecule has 1 rings (SSSR count). The molecule has 86 valence electrons. The summed E-state index contributed by atoms with van der Waals surface area (Å²) in [5.41, 5.74) is 0. The highest BCUT2D eigenvalue weighted by atomic mass is 19.1. The molecule has 0 radical (unpaired) electrons. The molecule has 0 spiro atoms. The van der Waals surface area contributed by atoms with Crippen molar-refractivity contribution >= 4 is 5.82 Å². The first-order valence-corrected chi connectivity index (χ1v) is 5.37. The van der Waals surface area contributed by atoms with Gasteiger partial charge in [-0.15, -0.1) is 0 Å². The van der Waals surface area contributed by atoms with E-state index in [2.05, 4.69) is 24.9 Å². The number of nitriles is 1. The topological polar surface area (TPSA) is 39.9 Å². The lowest BCUT2D eigenvalue weighted by Gasteiger charge is -2.24. The number of aromatic nitrogens is 1. The van der Waals surface area contributed by atoms with Crippen molar-refractivity contribution < 1.29 is 4.39 Å². The van der Waals surface area contributed by atoms with E-state index in [1.54, 1.807) is 6.07 Å². The highest BCUT2D eigenvalue weighted by Gasteiger charge is 2.09. The second kappa shape index (κ2) is 6.06. The molecule has 0 aromatic carbocycles. The van der Waals surface area contributed by atoms with Crippen molar-refractivity contribution in [3.8, 4) is 6.07 Å². The summed E-state index contributed by atoms with van der Waals surface area (Å²) >= 11 is 0. The zero-order chi connectivity index (χ0) is 12.0. The van der Waals surface area contributed by atoms with Gasteiger partial charge in [0.15, 0.2) is 0 Å². The van der Waals surface area contributed by atoms with E-state index in [-0.39, 0.29) is 5.82 Å². The summed E-state index contributed by atoms with van der Waals surface area (Å²) in [7, 11) is 0. The molecule has 16 heavy (non-hydrogen) atoms. The van der Waals surface area contributed by atoms with Gasteiger partial charge in [-0.2, -0.15) is 5.26 Å². The lowest BCUT2D eigenvalue weighted by atomic mass is 10.2. The second-order valence-corrected chi connectivity index (χ2v) is 4.08. The Kier molecular flexibility index (Phi) is 4.71. The van der Waals surface area contributed by atoms with Gasteiger partial charge in [0.05, 0.1) is 18.7 Å². The maximum Gasteiger partial charge on any atom is 0.141 e. The molecule has 0 fully saturated rings. The Hall–Kier alpha value is -1.63. The average molecular weight is 221 g/mol. The molecule has 1 heterocycles. The smallest absolute Gasteiger partial charge is 0.141 e. The molecule has 4 heteroatoms. The van der Waals surface area contributed by atoms with Crippen LogP contribution >= 0.6 is 0 Å². The molecule has 0 saturated carbocycles. The fourth-order valence-corrected chi connectivity index (χ4v) is 1.48. The Balaban J connectivity index is 2.75. The Morgan fingerprint density at radius 1 is 1.50 bits per heavy atom. The predicted molar refractivity (Wildman–Crippen MR) is 61.5 cm³/mol. The summed E-state index contributed by atoms with van der Waals surface area (Å²) in [5, 5.41) is 8.58. The zero-order valence-electron chi connectivity index (χ0n) is 9.65. The molecular formula is C12H16FN3. The summed E-state index contributed by atoms with van der Waals surface area (Å²) < 4.78 is 12.7. The zero-order valence-corrected chi connectivity index (χ0v) is 9.65. The molecule has 0 saturated heterocycles. The third kappa shape index (κ3) is 3.85. The first-order valence-electron chi connectivity index (χ1n) is 5.37. The van der Waals surface area contributed by atoms with Crippen molar-refractivity contribution in [2.75, 3.05) is 18.0 Å². The van der Waals surface area contributed by atoms with Crippen LogP contribution in [0.5, 0.6) is 0 Å². The number of nitrogens with zero attached hydrogens (tertiary/aromatic N) is 3. The molecule has 0 amide bonds. The molecule has 0 aliphatic rings. The molecule has 0 bridgehead atoms. The van der Waals surface area contributed by atoms with Crippen LogP contribution in [0.15, 0.2) is 18.3 Å². The molecule has 0 aliphatic heterocycles. The van der Waals surface area contributed by atoms with Crippen molar-refractivity contribution in [2.45, 2.75) is 20.3 Å². The van der Waals surface area contributed by atoms with Gasteiger partial charge >= 0.3 is 0 Å². The number of hydrogen-bond acceptors (Lipinski definition) is 3. The van der Waals surface area contributed by atoms with Crippen LogP contribution in [-0.2, 0) is 0 Å². The minimum absolute atomic E-state index is 0.339. The van der Waals surface area contributed by atoms with E-state index in [0.717, 1.165) is 12.4 Å². The van der Waals surface area contributed by atoms with Crippen LogP contribution < -0.4 is 4.90 Å². The standard InChI is InChI=1S/C12H16FN3/c1-10(2)9-16(7-3-6-14)12-5-4-11(13)8-15-12/h4-5,8,10H,3,7,9H2,1-2H3. The van der Waals surface area contributed by atoms with E-state index in [0.29, 0.717) is 18.9 Å². The van der Waals surface area contributed by atoms with Crippen LogP contribution in [0.4, 0.5) is 10.2 Å². The summed E-state index contributed by atoms with van der Waals surface area (Å²) in [6, 6.07) is 5.15. The van der Waals surface area contributed by atoms with Crippen LogP contribution in [0.2, 0.25) is 0 Å². The van der Waals surface area contributed by atoms with Gasteiger partial charge in [0, 0.05) is 13.1 Å². The lowest BCUT2D eigenvalue weighted by Crippen LogP contribution is -2.29. The van der Waals surface area contributed by atoms with Gasteiger partial charge in [-0.05, 0) is 18.1 Å². The van der Waals surface area contributed by atoms with Gasteiger partial charge in [0.1, 0.15) is 11.6 Å². The third-order valence-corrected chi connectivity index (χ3v) is 2.11. The maximum atomic E-state index is 12.7. The van der Waals surface area contributed by atoms with Crippen LogP contribution in [0.25, 0.3) is 0 Å². The van der Waals surface area contributed by atoms with Crippen molar-refractivity contribution in [3.05, 3.63) is 24.1 Å². The number of rotatable bonds is 5. The van der Waals surface area contributed by atoms with E-state index in [4.69, 9.17) is 5.26 Å². The first kappa shape index (κ1) is 12.4. The van der Waals surface area contributed by atoms with Gasteiger partial charge in [-0.1, -0.05) is 13.8 Å². The molecule has 0 unspecified atom stereocenters. The monoisotopic (exact) mass is 221 g/mol. The predicted octanol–water partition coefficient (Wildman–Crippen LogP) is 2.60. The van der Waals surface area contributed by atoms with Gasteiger partial charge in [-0.3, -0.25) is 0 Å². The Morgan fingerprint density at radius 3 is 2.75 bits per heavy atom. The summed E-state index contributed by atoms with van der Waals surface area (Å²) in [6.07, 6.45) is 1.65. The minimum Gasteiger partial charge on any atom is -0.355 e. The van der Waals surface area contributed by atoms with E-state index < -0.39 is 0 Å². The second-order valence-electron chi connectivity index (χ2n) is 4.08. The van der Waals surface area contributed by atoms with Gasteiger partial charge in [0.2, 0.25) is 0 Å². The van der Waals surface area contributed by atoms with Crippen molar-refractivity contribution in [3.63, 3.8) is 0 Å². The molecule has 1 aromatic rings. The third-order valence-electron chi connectivity index (χ3n) is 2.11. The normalized spacial score (nSPS) is 10.2. The fourth-order valence-electron chi connectivity index (χ4n) is 1.48. The largest absolute Gasteiger partial charge is 0.355 e. The average Bonchev–Trinajstić information content (AvgIpc) is 2.25. The van der Waals surface area contributed by atoms with Gasteiger partial charge in [-0.25, -0.2) is 9.37 Å². The Bertz CT molecular complexity index is 354. The SMILES string of the molecule is CC(C)CN(CCC#N)c1ccc(F)cn1. The number of hydrogen-bond donors (Lipinski definition) is 0. The first-order chi connectivity index (χ1) is 7.63. The summed E-state index contributed by atoms with van der Waals surface area (Å²) in [5.74, 6) is 0.865. The van der Waals surface area contributed by atoms with Crippen LogP contribution in [0.1, 0.15) is 20.3 Å². The van der Waals surface area contributed by atoms with Crippen molar-refractivity contribution in [1.29, 1.82) is 5.26 Å². The fraction of sp³-hybridized carbons (Fsp3) is 0.500. The summed E-state index contributed by atoms with van der Waals surface area (Å²) in [6.45, 7) is 5.65. The van der Waals surface area contributed by atoms with Gasteiger partial charge in [0.25, 0.3) is 0 Å². The highest BCUT2D eigenvalue weighted by molar-refractivity contribution is 5.38. The van der Waals surface area contributed by atoms with Gasteiger partial charge < -0.3 is 4.90 Å². The Labute approximate surface area is 95.5 Å². The molecular weight excluding hydrogens is 205 g/mol. The minimum atomic E-state index is -0.339. The van der Waals surface area contributed by atoms with Crippen molar-refractivity contribution in [2.24, 2.45) is 5.92 Å². The molecule has 0 N–H and O–H groups in total. The quantitative estimate of drug-likeness (QED) is 0.767. The molecule has 3 nitrogen and oxygen atoms in total. The molecule has 1 aromatic heterocycles. The van der Waals surface area contributed by atoms with Crippen LogP contribution in [-0.4, -0.2) is 18.1 Å². The van der Waals surface area contributed by atoms with E-state index in [1.807, 2.05) is 4.90 Å². The number of anilines is 1. The molecule has 0 aliphatic carbocycles. The van der Waals surface area contributed by atoms with E-state index in [1.165, 1.54) is 12.3 Å².